The summed E-state index contributed by atoms with van der Waals surface area (Å²) in [6.45, 7) is 2.21. The number of rotatable bonds is 11. The quantitative estimate of drug-likeness (QED) is 0.259. The zero-order valence-electron chi connectivity index (χ0n) is 21.8. The van der Waals surface area contributed by atoms with E-state index in [-0.39, 0.29) is 13.9 Å². The van der Waals surface area contributed by atoms with E-state index in [1.54, 1.807) is 30.3 Å². The molecule has 202 valence electrons. The van der Waals surface area contributed by atoms with Crippen LogP contribution in [0, 0.1) is 0 Å². The van der Waals surface area contributed by atoms with Gasteiger partial charge in [0.25, 0.3) is 5.91 Å². The van der Waals surface area contributed by atoms with Gasteiger partial charge in [-0.15, -0.1) is 0 Å². The van der Waals surface area contributed by atoms with Gasteiger partial charge in [0.05, 0.1) is 31.1 Å². The Kier molecular flexibility index (Phi) is 8.38. The zero-order chi connectivity index (χ0) is 27.3. The summed E-state index contributed by atoms with van der Waals surface area (Å²) in [5, 5.41) is 14.2. The molecule has 8 nitrogen and oxygen atoms in total. The van der Waals surface area contributed by atoms with Crippen molar-refractivity contribution in [2.75, 3.05) is 24.2 Å². The lowest BCUT2D eigenvalue weighted by molar-refractivity contribution is 0.0912. The number of ether oxygens (including phenoxy) is 1. The molecule has 3 aromatic carbocycles. The molecule has 0 saturated carbocycles. The van der Waals surface area contributed by atoms with E-state index in [1.807, 2.05) is 61.1 Å². The van der Waals surface area contributed by atoms with Crippen molar-refractivity contribution in [1.29, 1.82) is 0 Å². The second-order valence-electron chi connectivity index (χ2n) is 9.35. The normalized spacial score (nSPS) is 12.3. The van der Waals surface area contributed by atoms with Gasteiger partial charge in [0.2, 0.25) is 10.0 Å². The van der Waals surface area contributed by atoms with E-state index in [1.165, 1.54) is 0 Å². The van der Waals surface area contributed by atoms with E-state index in [0.717, 1.165) is 40.3 Å². The molecule has 9 heteroatoms. The second kappa shape index (κ2) is 11.7. The number of aromatic nitrogens is 1. The Labute approximate surface area is 224 Å². The van der Waals surface area contributed by atoms with Crippen LogP contribution in [-0.4, -0.2) is 49.5 Å². The molecule has 0 spiro atoms. The number of aryl methyl sites for hydroxylation is 1. The highest BCUT2D eigenvalue weighted by Gasteiger charge is 2.20. The summed E-state index contributed by atoms with van der Waals surface area (Å²) >= 11 is 0. The monoisotopic (exact) mass is 537 g/mol. The lowest BCUT2D eigenvalue weighted by Gasteiger charge is -2.18. The molecule has 0 unspecified atom stereocenters. The molecule has 1 heterocycles. The van der Waals surface area contributed by atoms with Gasteiger partial charge in [-0.25, -0.2) is 8.42 Å². The molecule has 38 heavy (non-hydrogen) atoms. The van der Waals surface area contributed by atoms with E-state index in [2.05, 4.69) is 10.0 Å². The Morgan fingerprint density at radius 1 is 1.08 bits per heavy atom. The molecule has 1 amide bonds. The lowest BCUT2D eigenvalue weighted by atomic mass is 10.0. The molecule has 4 rings (SSSR count). The molecule has 0 radical (unpaired) electrons. The first-order chi connectivity index (χ1) is 18.2. The molecule has 0 aliphatic rings. The molecule has 0 aliphatic heterocycles. The maximum Gasteiger partial charge on any atom is 0.255 e. The van der Waals surface area contributed by atoms with E-state index in [4.69, 9.17) is 4.74 Å². The largest absolute Gasteiger partial charge is 0.493 e. The predicted octanol–water partition coefficient (Wildman–Crippen LogP) is 4.59. The minimum absolute atomic E-state index is 0. The third-order valence-corrected chi connectivity index (χ3v) is 6.79. The number of para-hydroxylation sites is 1. The predicted molar refractivity (Wildman–Crippen MR) is 153 cm³/mol. The Hall–Kier alpha value is -3.82. The molecule has 1 aromatic heterocycles. The maximum absolute atomic E-state index is 13.5. The van der Waals surface area contributed by atoms with Crippen LogP contribution in [0.4, 0.5) is 5.69 Å². The first kappa shape index (κ1) is 27.2. The first-order valence-electron chi connectivity index (χ1n) is 12.5. The Balaban J connectivity index is 0.00000420. The number of fused-ring (bicyclic) bond motifs is 1. The van der Waals surface area contributed by atoms with Gasteiger partial charge >= 0.3 is 0 Å². The maximum atomic E-state index is 13.5. The van der Waals surface area contributed by atoms with Crippen molar-refractivity contribution in [1.82, 2.24) is 9.88 Å². The number of carbonyl (C=O) groups excluding carboxylic acids is 1. The van der Waals surface area contributed by atoms with Crippen LogP contribution in [0.15, 0.2) is 72.9 Å². The Morgan fingerprint density at radius 2 is 1.84 bits per heavy atom. The van der Waals surface area contributed by atoms with E-state index in [0.29, 0.717) is 30.0 Å². The number of amides is 1. The van der Waals surface area contributed by atoms with Crippen molar-refractivity contribution in [3.63, 3.8) is 0 Å². The van der Waals surface area contributed by atoms with E-state index in [9.17, 15) is 18.3 Å². The number of benzene rings is 3. The molecule has 1 atom stereocenters. The first-order valence-corrected chi connectivity index (χ1v) is 14.4. The highest BCUT2D eigenvalue weighted by atomic mass is 32.2. The molecule has 0 saturated heterocycles. The third-order valence-electron chi connectivity index (χ3n) is 6.19. The van der Waals surface area contributed by atoms with Crippen LogP contribution in [0.5, 0.6) is 5.75 Å². The van der Waals surface area contributed by atoms with Crippen LogP contribution in [-0.2, 0) is 23.5 Å². The average molecular weight is 538 g/mol. The number of aliphatic hydroxyl groups excluding tert-OH is 1. The second-order valence-corrected chi connectivity index (χ2v) is 11.1. The topological polar surface area (TPSA) is 110 Å². The van der Waals surface area contributed by atoms with Gasteiger partial charge in [-0.2, -0.15) is 0 Å². The highest BCUT2D eigenvalue weighted by Crippen LogP contribution is 2.29. The van der Waals surface area contributed by atoms with Gasteiger partial charge in [-0.05, 0) is 59.9 Å². The van der Waals surface area contributed by atoms with Gasteiger partial charge in [-0.3, -0.25) is 9.52 Å². The number of carbonyl (C=O) groups is 1. The average Bonchev–Trinajstić information content (AvgIpc) is 3.21. The van der Waals surface area contributed by atoms with Crippen LogP contribution in [0.3, 0.4) is 0 Å². The molecule has 0 bridgehead atoms. The molecule has 4 aromatic rings. The molecular weight excluding hydrogens is 502 g/mol. The van der Waals surface area contributed by atoms with Crippen molar-refractivity contribution < 1.29 is 24.5 Å². The summed E-state index contributed by atoms with van der Waals surface area (Å²) in [7, 11) is -1.45. The number of hydrogen-bond acceptors (Lipinski definition) is 5. The Bertz CT molecular complexity index is 1550. The number of sulfonamides is 1. The number of nitrogens with one attached hydrogen (secondary N) is 2. The molecular formula is C29H35N3O5S. The minimum Gasteiger partial charge on any atom is -0.493 e. The third kappa shape index (κ3) is 6.54. The van der Waals surface area contributed by atoms with Crippen LogP contribution < -0.4 is 14.8 Å². The number of anilines is 1. The lowest BCUT2D eigenvalue weighted by Crippen LogP contribution is -2.39. The summed E-state index contributed by atoms with van der Waals surface area (Å²) in [5.41, 5.74) is 4.36. The van der Waals surface area contributed by atoms with Crippen LogP contribution in [0.25, 0.3) is 22.0 Å². The summed E-state index contributed by atoms with van der Waals surface area (Å²) in [6.07, 6.45) is 4.36. The van der Waals surface area contributed by atoms with Gasteiger partial charge in [0.1, 0.15) is 5.75 Å². The standard InChI is InChI=1S/C29H33N3O5S.H2/c1-4-14-37-28-13-12-21(20-8-7-9-23(15-20)31-38(3,35)36)17-26(28)29(34)30-24(19-33)16-22-18-32(2)27-11-6-5-10-25(22)27;/h5-13,15,17-18,24,31,33H,4,14,16,19H2,1-3H3,(H,30,34);1H/t24-;/m1./s1. The van der Waals surface area contributed by atoms with Crippen molar-refractivity contribution >= 4 is 32.5 Å². The SMILES string of the molecule is CCCOc1ccc(-c2cccc(NS(C)(=O)=O)c2)cc1C(=O)N[C@@H](CO)Cc1cn(C)c2ccccc12.[HH]. The van der Waals surface area contributed by atoms with Crippen LogP contribution in [0.1, 0.15) is 30.7 Å². The number of hydrogen-bond donors (Lipinski definition) is 3. The molecule has 3 N–H and O–H groups in total. The highest BCUT2D eigenvalue weighted by molar-refractivity contribution is 7.92. The van der Waals surface area contributed by atoms with Gasteiger partial charge in [0, 0.05) is 31.3 Å². The fourth-order valence-electron chi connectivity index (χ4n) is 4.48. The molecule has 0 aliphatic carbocycles. The van der Waals surface area contributed by atoms with Crippen molar-refractivity contribution in [3.8, 4) is 16.9 Å². The van der Waals surface area contributed by atoms with E-state index < -0.39 is 16.1 Å². The van der Waals surface area contributed by atoms with Crippen molar-refractivity contribution in [2.45, 2.75) is 25.8 Å². The van der Waals surface area contributed by atoms with Crippen molar-refractivity contribution in [2.24, 2.45) is 7.05 Å². The smallest absolute Gasteiger partial charge is 0.255 e. The summed E-state index contributed by atoms with van der Waals surface area (Å²) in [6, 6.07) is 19.8. The van der Waals surface area contributed by atoms with Gasteiger partial charge in [-0.1, -0.05) is 43.3 Å². The zero-order valence-corrected chi connectivity index (χ0v) is 22.6. The minimum atomic E-state index is -3.43. The van der Waals surface area contributed by atoms with Crippen LogP contribution in [0.2, 0.25) is 0 Å². The van der Waals surface area contributed by atoms with Gasteiger partial charge in [0.15, 0.2) is 0 Å². The Morgan fingerprint density at radius 3 is 2.58 bits per heavy atom. The number of nitrogens with zero attached hydrogens (tertiary/aromatic N) is 1. The summed E-state index contributed by atoms with van der Waals surface area (Å²) < 4.78 is 33.7. The fraction of sp³-hybridized carbons (Fsp3) is 0.276. The summed E-state index contributed by atoms with van der Waals surface area (Å²) in [5.74, 6) is 0.0861. The van der Waals surface area contributed by atoms with Crippen molar-refractivity contribution in [3.05, 3.63) is 84.1 Å². The van der Waals surface area contributed by atoms with Gasteiger partial charge < -0.3 is 19.7 Å². The fourth-order valence-corrected chi connectivity index (χ4v) is 5.03. The number of aliphatic hydroxyl groups is 1. The summed E-state index contributed by atoms with van der Waals surface area (Å²) in [4.78, 5) is 13.5. The van der Waals surface area contributed by atoms with E-state index >= 15 is 0 Å². The van der Waals surface area contributed by atoms with Crippen LogP contribution >= 0.6 is 0 Å². The molecule has 0 fully saturated rings.